The largest absolute Gasteiger partial charge is 0.394 e. The smallest absolute Gasteiger partial charge is 0.237 e. The van der Waals surface area contributed by atoms with Crippen molar-refractivity contribution < 1.29 is 9.90 Å². The second-order valence-corrected chi connectivity index (χ2v) is 8.41. The molecule has 4 nitrogen and oxygen atoms in total. The summed E-state index contributed by atoms with van der Waals surface area (Å²) >= 11 is 0. The lowest BCUT2D eigenvalue weighted by Crippen LogP contribution is -2.47. The number of aliphatic hydroxyl groups excluding tert-OH is 1. The highest BCUT2D eigenvalue weighted by molar-refractivity contribution is 5.79. The van der Waals surface area contributed by atoms with E-state index >= 15 is 0 Å². The number of aliphatic hydroxyl groups is 1. The molecule has 4 heteroatoms. The van der Waals surface area contributed by atoms with Gasteiger partial charge in [0.2, 0.25) is 5.91 Å². The molecule has 0 spiro atoms. The van der Waals surface area contributed by atoms with Gasteiger partial charge in [-0.05, 0) is 41.9 Å². The molecule has 0 aromatic heterocycles. The van der Waals surface area contributed by atoms with E-state index in [0.29, 0.717) is 5.92 Å². The van der Waals surface area contributed by atoms with E-state index in [9.17, 15) is 9.90 Å². The molecule has 2 atom stereocenters. The molecular formula is C25H32N2O2. The van der Waals surface area contributed by atoms with Gasteiger partial charge in [-0.1, -0.05) is 73.9 Å². The maximum Gasteiger partial charge on any atom is 0.237 e. The van der Waals surface area contributed by atoms with E-state index in [4.69, 9.17) is 0 Å². The lowest BCUT2D eigenvalue weighted by molar-refractivity contribution is -0.135. The molecule has 1 heterocycles. The second-order valence-electron chi connectivity index (χ2n) is 8.41. The minimum absolute atomic E-state index is 0.0216. The Bertz CT molecular complexity index is 801. The van der Waals surface area contributed by atoms with Crippen LogP contribution in [0.4, 0.5) is 0 Å². The first-order chi connectivity index (χ1) is 14.3. The molecule has 1 aliphatic carbocycles. The monoisotopic (exact) mass is 392 g/mol. The molecule has 0 bridgehead atoms. The van der Waals surface area contributed by atoms with E-state index in [1.807, 2.05) is 30.3 Å². The second kappa shape index (κ2) is 9.55. The molecule has 1 aliphatic heterocycles. The molecular weight excluding hydrogens is 360 g/mol. The normalized spacial score (nSPS) is 20.9. The molecule has 2 aromatic carbocycles. The van der Waals surface area contributed by atoms with E-state index in [0.717, 1.165) is 18.5 Å². The Labute approximate surface area is 173 Å². The third-order valence-corrected chi connectivity index (χ3v) is 6.63. The molecule has 154 valence electrons. The summed E-state index contributed by atoms with van der Waals surface area (Å²) in [5, 5.41) is 13.1. The Hall–Kier alpha value is -2.17. The third-order valence-electron chi connectivity index (χ3n) is 6.63. The van der Waals surface area contributed by atoms with Crippen LogP contribution in [0.5, 0.6) is 0 Å². The van der Waals surface area contributed by atoms with Crippen molar-refractivity contribution in [3.8, 4) is 0 Å². The Morgan fingerprint density at radius 1 is 1.03 bits per heavy atom. The molecule has 1 unspecified atom stereocenters. The van der Waals surface area contributed by atoms with Crippen LogP contribution in [0, 0.1) is 5.92 Å². The minimum Gasteiger partial charge on any atom is -0.394 e. The van der Waals surface area contributed by atoms with Crippen molar-refractivity contribution in [2.45, 2.75) is 50.6 Å². The van der Waals surface area contributed by atoms with Crippen LogP contribution in [-0.4, -0.2) is 35.6 Å². The minimum atomic E-state index is -0.217. The Morgan fingerprint density at radius 2 is 1.76 bits per heavy atom. The van der Waals surface area contributed by atoms with Gasteiger partial charge in [-0.15, -0.1) is 0 Å². The van der Waals surface area contributed by atoms with Crippen LogP contribution >= 0.6 is 0 Å². The number of hydrogen-bond donors (Lipinski definition) is 2. The fourth-order valence-electron chi connectivity index (χ4n) is 5.12. The maximum absolute atomic E-state index is 13.3. The number of hydrogen-bond acceptors (Lipinski definition) is 3. The summed E-state index contributed by atoms with van der Waals surface area (Å²) in [7, 11) is 0. The van der Waals surface area contributed by atoms with Crippen molar-refractivity contribution >= 4 is 5.91 Å². The third kappa shape index (κ3) is 4.54. The first kappa shape index (κ1) is 20.1. The Balaban J connectivity index is 1.50. The molecule has 4 rings (SSSR count). The first-order valence-electron chi connectivity index (χ1n) is 11.0. The molecule has 2 aliphatic rings. The summed E-state index contributed by atoms with van der Waals surface area (Å²) in [4.78, 5) is 15.4. The van der Waals surface area contributed by atoms with Crippen molar-refractivity contribution in [2.24, 2.45) is 5.92 Å². The fourth-order valence-corrected chi connectivity index (χ4v) is 5.12. The topological polar surface area (TPSA) is 52.6 Å². The number of amides is 1. The molecule has 1 saturated carbocycles. The van der Waals surface area contributed by atoms with Crippen molar-refractivity contribution in [1.29, 1.82) is 0 Å². The predicted octanol–water partition coefficient (Wildman–Crippen LogP) is 4.02. The van der Waals surface area contributed by atoms with Gasteiger partial charge in [-0.3, -0.25) is 10.1 Å². The average Bonchev–Trinajstić information content (AvgIpc) is 2.80. The van der Waals surface area contributed by atoms with Crippen LogP contribution in [0.25, 0.3) is 0 Å². The lowest BCUT2D eigenvalue weighted by atomic mass is 9.77. The molecule has 29 heavy (non-hydrogen) atoms. The van der Waals surface area contributed by atoms with E-state index in [1.54, 1.807) is 0 Å². The highest BCUT2D eigenvalue weighted by Gasteiger charge is 2.36. The zero-order valence-electron chi connectivity index (χ0n) is 17.1. The van der Waals surface area contributed by atoms with Gasteiger partial charge in [0.1, 0.15) is 0 Å². The van der Waals surface area contributed by atoms with Crippen molar-refractivity contribution in [3.05, 3.63) is 71.3 Å². The quantitative estimate of drug-likeness (QED) is 0.781. The standard InChI is InChI=1S/C25H32N2O2/c28-18-23(20-10-3-1-4-11-20)26-17-24(29)27-16-15-19-9-7-8-14-22(19)25(27)21-12-5-2-6-13-21/h1,3-4,7-11,14,21,23,25-26,28H,2,5-6,12-13,15-18H2/t23-,25?/m0/s1. The van der Waals surface area contributed by atoms with Gasteiger partial charge >= 0.3 is 0 Å². The van der Waals surface area contributed by atoms with Gasteiger partial charge in [0.25, 0.3) is 0 Å². The maximum atomic E-state index is 13.3. The van der Waals surface area contributed by atoms with Crippen LogP contribution in [0.2, 0.25) is 0 Å². The number of rotatable bonds is 6. The van der Waals surface area contributed by atoms with Crippen LogP contribution in [0.15, 0.2) is 54.6 Å². The zero-order valence-corrected chi connectivity index (χ0v) is 17.1. The number of fused-ring (bicyclic) bond motifs is 1. The lowest BCUT2D eigenvalue weighted by Gasteiger charge is -2.43. The summed E-state index contributed by atoms with van der Waals surface area (Å²) < 4.78 is 0. The average molecular weight is 393 g/mol. The van der Waals surface area contributed by atoms with E-state index in [-0.39, 0.29) is 31.1 Å². The predicted molar refractivity (Wildman–Crippen MR) is 115 cm³/mol. The van der Waals surface area contributed by atoms with E-state index < -0.39 is 0 Å². The van der Waals surface area contributed by atoms with Gasteiger partial charge < -0.3 is 10.0 Å². The number of carbonyl (C=O) groups is 1. The molecule has 2 N–H and O–H groups in total. The number of nitrogens with zero attached hydrogens (tertiary/aromatic N) is 1. The van der Waals surface area contributed by atoms with Crippen LogP contribution < -0.4 is 5.32 Å². The summed E-state index contributed by atoms with van der Waals surface area (Å²) in [5.74, 6) is 0.696. The zero-order chi connectivity index (χ0) is 20.1. The molecule has 0 saturated heterocycles. The number of benzene rings is 2. The molecule has 1 amide bonds. The van der Waals surface area contributed by atoms with E-state index in [2.05, 4.69) is 34.5 Å². The van der Waals surface area contributed by atoms with Crippen molar-refractivity contribution in [1.82, 2.24) is 10.2 Å². The fraction of sp³-hybridized carbons (Fsp3) is 0.480. The van der Waals surface area contributed by atoms with Gasteiger partial charge in [0.05, 0.1) is 25.2 Å². The Morgan fingerprint density at radius 3 is 2.52 bits per heavy atom. The molecule has 0 radical (unpaired) electrons. The summed E-state index contributed by atoms with van der Waals surface area (Å²) in [6.45, 7) is 1.02. The van der Waals surface area contributed by atoms with Crippen molar-refractivity contribution in [3.63, 3.8) is 0 Å². The molecule has 2 aromatic rings. The summed E-state index contributed by atoms with van der Waals surface area (Å²) in [6.07, 6.45) is 7.19. The SMILES string of the molecule is O=C(CN[C@@H](CO)c1ccccc1)N1CCc2ccccc2C1C1CCCCC1. The number of carbonyl (C=O) groups excluding carboxylic acids is 1. The van der Waals surface area contributed by atoms with Crippen LogP contribution in [-0.2, 0) is 11.2 Å². The van der Waals surface area contributed by atoms with Crippen LogP contribution in [0.1, 0.15) is 60.9 Å². The van der Waals surface area contributed by atoms with Gasteiger partial charge in [-0.2, -0.15) is 0 Å². The van der Waals surface area contributed by atoms with Gasteiger partial charge in [0.15, 0.2) is 0 Å². The van der Waals surface area contributed by atoms with Gasteiger partial charge in [-0.25, -0.2) is 0 Å². The van der Waals surface area contributed by atoms with Crippen LogP contribution in [0.3, 0.4) is 0 Å². The summed E-state index contributed by atoms with van der Waals surface area (Å²) in [6, 6.07) is 18.5. The molecule has 1 fully saturated rings. The number of nitrogens with one attached hydrogen (secondary N) is 1. The summed E-state index contributed by atoms with van der Waals surface area (Å²) in [5.41, 5.74) is 3.76. The highest BCUT2D eigenvalue weighted by Crippen LogP contribution is 2.41. The van der Waals surface area contributed by atoms with Crippen molar-refractivity contribution in [2.75, 3.05) is 19.7 Å². The Kier molecular flexibility index (Phi) is 6.63. The van der Waals surface area contributed by atoms with E-state index in [1.165, 1.54) is 43.2 Å². The highest BCUT2D eigenvalue weighted by atomic mass is 16.3. The first-order valence-corrected chi connectivity index (χ1v) is 11.0. The van der Waals surface area contributed by atoms with Gasteiger partial charge in [0, 0.05) is 6.54 Å².